The molecule has 0 fully saturated rings. The SMILES string of the molecule is CCCCCCCC(=O)NC(CC(=O)O)C(C)(C)C. The third kappa shape index (κ3) is 9.51. The van der Waals surface area contributed by atoms with Crippen LogP contribution in [0.5, 0.6) is 0 Å². The Hall–Kier alpha value is -1.06. The van der Waals surface area contributed by atoms with Crippen molar-refractivity contribution in [2.24, 2.45) is 5.41 Å². The topological polar surface area (TPSA) is 66.4 Å². The molecule has 0 bridgehead atoms. The molecule has 0 rings (SSSR count). The van der Waals surface area contributed by atoms with E-state index in [1.807, 2.05) is 20.8 Å². The van der Waals surface area contributed by atoms with E-state index < -0.39 is 5.97 Å². The van der Waals surface area contributed by atoms with Gasteiger partial charge >= 0.3 is 5.97 Å². The lowest BCUT2D eigenvalue weighted by Gasteiger charge is -2.30. The highest BCUT2D eigenvalue weighted by atomic mass is 16.4. The van der Waals surface area contributed by atoms with Crippen molar-refractivity contribution in [2.75, 3.05) is 0 Å². The fraction of sp³-hybridized carbons (Fsp3) is 0.867. The van der Waals surface area contributed by atoms with Crippen LogP contribution in [-0.4, -0.2) is 23.0 Å². The molecule has 0 radical (unpaired) electrons. The van der Waals surface area contributed by atoms with Gasteiger partial charge in [0.1, 0.15) is 0 Å². The van der Waals surface area contributed by atoms with Gasteiger partial charge in [-0.05, 0) is 11.8 Å². The monoisotopic (exact) mass is 271 g/mol. The van der Waals surface area contributed by atoms with E-state index in [-0.39, 0.29) is 23.8 Å². The lowest BCUT2D eigenvalue weighted by atomic mass is 9.84. The Morgan fingerprint density at radius 2 is 1.68 bits per heavy atom. The van der Waals surface area contributed by atoms with Crippen LogP contribution in [0.4, 0.5) is 0 Å². The molecule has 0 saturated carbocycles. The second-order valence-corrected chi connectivity index (χ2v) is 6.25. The van der Waals surface area contributed by atoms with Crippen LogP contribution in [0.2, 0.25) is 0 Å². The maximum atomic E-state index is 11.8. The van der Waals surface area contributed by atoms with Gasteiger partial charge in [0.05, 0.1) is 6.42 Å². The van der Waals surface area contributed by atoms with Crippen molar-refractivity contribution in [1.29, 1.82) is 0 Å². The van der Waals surface area contributed by atoms with Crippen molar-refractivity contribution < 1.29 is 14.7 Å². The molecule has 0 spiro atoms. The number of rotatable bonds is 9. The predicted octanol–water partition coefficient (Wildman–Crippen LogP) is 3.35. The third-order valence-corrected chi connectivity index (χ3v) is 3.27. The normalized spacial score (nSPS) is 13.1. The van der Waals surface area contributed by atoms with Gasteiger partial charge in [-0.25, -0.2) is 0 Å². The number of nitrogens with one attached hydrogen (secondary N) is 1. The molecule has 0 aromatic rings. The molecule has 112 valence electrons. The van der Waals surface area contributed by atoms with Gasteiger partial charge in [0, 0.05) is 12.5 Å². The molecule has 0 heterocycles. The van der Waals surface area contributed by atoms with Gasteiger partial charge in [0.25, 0.3) is 0 Å². The molecule has 2 N–H and O–H groups in total. The van der Waals surface area contributed by atoms with Crippen LogP contribution in [-0.2, 0) is 9.59 Å². The van der Waals surface area contributed by atoms with Crippen molar-refractivity contribution in [3.63, 3.8) is 0 Å². The van der Waals surface area contributed by atoms with Crippen LogP contribution in [0.1, 0.15) is 72.6 Å². The Morgan fingerprint density at radius 1 is 1.11 bits per heavy atom. The molecule has 0 aromatic heterocycles. The summed E-state index contributed by atoms with van der Waals surface area (Å²) in [5.74, 6) is -0.902. The van der Waals surface area contributed by atoms with E-state index in [0.29, 0.717) is 6.42 Å². The van der Waals surface area contributed by atoms with Gasteiger partial charge < -0.3 is 10.4 Å². The van der Waals surface area contributed by atoms with Crippen LogP contribution >= 0.6 is 0 Å². The summed E-state index contributed by atoms with van der Waals surface area (Å²) in [5, 5.41) is 11.7. The Morgan fingerprint density at radius 3 is 2.16 bits per heavy atom. The fourth-order valence-corrected chi connectivity index (χ4v) is 1.90. The first-order valence-corrected chi connectivity index (χ1v) is 7.28. The second-order valence-electron chi connectivity index (χ2n) is 6.25. The van der Waals surface area contributed by atoms with E-state index >= 15 is 0 Å². The smallest absolute Gasteiger partial charge is 0.305 e. The molecule has 4 nitrogen and oxygen atoms in total. The van der Waals surface area contributed by atoms with Gasteiger partial charge in [-0.1, -0.05) is 53.4 Å². The largest absolute Gasteiger partial charge is 0.481 e. The predicted molar refractivity (Wildman–Crippen MR) is 77.0 cm³/mol. The molecule has 1 amide bonds. The van der Waals surface area contributed by atoms with Crippen molar-refractivity contribution >= 4 is 11.9 Å². The highest BCUT2D eigenvalue weighted by Gasteiger charge is 2.28. The number of unbranched alkanes of at least 4 members (excludes halogenated alkanes) is 4. The van der Waals surface area contributed by atoms with Gasteiger partial charge in [-0.15, -0.1) is 0 Å². The number of hydrogen-bond acceptors (Lipinski definition) is 2. The number of carboxylic acids is 1. The molecule has 0 aliphatic rings. The quantitative estimate of drug-likeness (QED) is 0.632. The standard InChI is InChI=1S/C15H29NO3/c1-5-6-7-8-9-10-13(17)16-12(11-14(18)19)15(2,3)4/h12H,5-11H2,1-4H3,(H,16,17)(H,18,19). The van der Waals surface area contributed by atoms with Crippen LogP contribution < -0.4 is 5.32 Å². The van der Waals surface area contributed by atoms with Gasteiger partial charge in [-0.3, -0.25) is 9.59 Å². The molecular weight excluding hydrogens is 242 g/mol. The highest BCUT2D eigenvalue weighted by Crippen LogP contribution is 2.22. The Bertz CT molecular complexity index is 282. The molecular formula is C15H29NO3. The van der Waals surface area contributed by atoms with E-state index in [4.69, 9.17) is 5.11 Å². The molecule has 0 aliphatic heterocycles. The molecule has 4 heteroatoms. The zero-order chi connectivity index (χ0) is 14.9. The third-order valence-electron chi connectivity index (χ3n) is 3.27. The second kappa shape index (κ2) is 8.94. The van der Waals surface area contributed by atoms with Crippen molar-refractivity contribution in [1.82, 2.24) is 5.32 Å². The minimum Gasteiger partial charge on any atom is -0.481 e. The summed E-state index contributed by atoms with van der Waals surface area (Å²) in [4.78, 5) is 22.6. The summed E-state index contributed by atoms with van der Waals surface area (Å²) in [6, 6.07) is -0.312. The van der Waals surface area contributed by atoms with Crippen molar-refractivity contribution in [2.45, 2.75) is 78.7 Å². The number of hydrogen-bond donors (Lipinski definition) is 2. The minimum absolute atomic E-state index is 0.0227. The van der Waals surface area contributed by atoms with Crippen LogP contribution in [0.15, 0.2) is 0 Å². The summed E-state index contributed by atoms with van der Waals surface area (Å²) < 4.78 is 0. The molecule has 19 heavy (non-hydrogen) atoms. The Labute approximate surface area is 117 Å². The lowest BCUT2D eigenvalue weighted by Crippen LogP contribution is -2.45. The lowest BCUT2D eigenvalue weighted by molar-refractivity contribution is -0.138. The zero-order valence-corrected chi connectivity index (χ0v) is 12.8. The summed E-state index contributed by atoms with van der Waals surface area (Å²) in [7, 11) is 0. The van der Waals surface area contributed by atoms with Crippen LogP contribution in [0.3, 0.4) is 0 Å². The van der Waals surface area contributed by atoms with Crippen molar-refractivity contribution in [3.05, 3.63) is 0 Å². The zero-order valence-electron chi connectivity index (χ0n) is 12.8. The van der Waals surface area contributed by atoms with E-state index in [0.717, 1.165) is 12.8 Å². The van der Waals surface area contributed by atoms with E-state index in [1.165, 1.54) is 19.3 Å². The van der Waals surface area contributed by atoms with Gasteiger partial charge in [0.2, 0.25) is 5.91 Å². The number of aliphatic carboxylic acids is 1. The number of carbonyl (C=O) groups excluding carboxylic acids is 1. The first-order chi connectivity index (χ1) is 8.77. The minimum atomic E-state index is -0.872. The van der Waals surface area contributed by atoms with Crippen molar-refractivity contribution in [3.8, 4) is 0 Å². The summed E-state index contributed by atoms with van der Waals surface area (Å²) in [6.07, 6.45) is 6.00. The first-order valence-electron chi connectivity index (χ1n) is 7.28. The van der Waals surface area contributed by atoms with E-state index in [2.05, 4.69) is 12.2 Å². The molecule has 0 saturated heterocycles. The Kier molecular flexibility index (Phi) is 8.44. The number of amides is 1. The average molecular weight is 271 g/mol. The Balaban J connectivity index is 4.07. The summed E-state index contributed by atoms with van der Waals surface area (Å²) in [6.45, 7) is 8.00. The molecule has 0 aliphatic carbocycles. The van der Waals surface area contributed by atoms with E-state index in [1.54, 1.807) is 0 Å². The first kappa shape index (κ1) is 17.9. The maximum Gasteiger partial charge on any atom is 0.305 e. The number of carbonyl (C=O) groups is 2. The molecule has 0 aromatic carbocycles. The van der Waals surface area contributed by atoms with Crippen LogP contribution in [0, 0.1) is 5.41 Å². The van der Waals surface area contributed by atoms with Gasteiger partial charge in [-0.2, -0.15) is 0 Å². The average Bonchev–Trinajstić information content (AvgIpc) is 2.26. The highest BCUT2D eigenvalue weighted by molar-refractivity contribution is 5.77. The number of carboxylic acid groups (broad SMARTS) is 1. The van der Waals surface area contributed by atoms with Crippen LogP contribution in [0.25, 0.3) is 0 Å². The maximum absolute atomic E-state index is 11.8. The fourth-order valence-electron chi connectivity index (χ4n) is 1.90. The summed E-state index contributed by atoms with van der Waals surface area (Å²) >= 11 is 0. The molecule has 1 unspecified atom stereocenters. The summed E-state index contributed by atoms with van der Waals surface area (Å²) in [5.41, 5.74) is -0.240. The van der Waals surface area contributed by atoms with E-state index in [9.17, 15) is 9.59 Å². The van der Waals surface area contributed by atoms with Gasteiger partial charge in [0.15, 0.2) is 0 Å². The molecule has 1 atom stereocenters.